The Hall–Kier alpha value is -1.17. The zero-order valence-electron chi connectivity index (χ0n) is 11.5. The highest BCUT2D eigenvalue weighted by Gasteiger charge is 2.12. The third kappa shape index (κ3) is 3.26. The van der Waals surface area contributed by atoms with Crippen molar-refractivity contribution in [2.24, 2.45) is 0 Å². The molecule has 3 nitrogen and oxygen atoms in total. The van der Waals surface area contributed by atoms with Gasteiger partial charge < -0.3 is 0 Å². The number of para-hydroxylation sites is 1. The van der Waals surface area contributed by atoms with E-state index < -0.39 is 0 Å². The summed E-state index contributed by atoms with van der Waals surface area (Å²) in [4.78, 5) is 17.3. The van der Waals surface area contributed by atoms with E-state index in [0.29, 0.717) is 33.6 Å². The third-order valence-electron chi connectivity index (χ3n) is 3.27. The summed E-state index contributed by atoms with van der Waals surface area (Å²) in [6, 6.07) is 14.8. The van der Waals surface area contributed by atoms with Gasteiger partial charge in [-0.15, -0.1) is 17.0 Å². The van der Waals surface area contributed by atoms with E-state index in [9.17, 15) is 4.79 Å². The average molecular weight is 445 g/mol. The fourth-order valence-corrected chi connectivity index (χ4v) is 2.76. The summed E-state index contributed by atoms with van der Waals surface area (Å²) in [5.74, 6) is 0.662. The lowest BCUT2D eigenvalue weighted by molar-refractivity contribution is 0.739. The molecular formula is C16H13Br2ClN2O. The fraction of sp³-hybridized carbons (Fsp3) is 0.125. The summed E-state index contributed by atoms with van der Waals surface area (Å²) in [5.41, 5.74) is 1.56. The first-order valence-electron chi connectivity index (χ1n) is 6.52. The van der Waals surface area contributed by atoms with Crippen molar-refractivity contribution >= 4 is 55.4 Å². The monoisotopic (exact) mass is 442 g/mol. The standard InChI is InChI=1S/C16H12BrClN2O.BrH/c17-9-10-20-15(11-5-7-12(18)8-6-11)19-14-4-2-1-3-13(14)16(20)21;/h1-8H,9-10H2;1H. The molecule has 1 aromatic heterocycles. The molecule has 0 fully saturated rings. The molecule has 0 atom stereocenters. The van der Waals surface area contributed by atoms with Crippen LogP contribution in [0.25, 0.3) is 22.3 Å². The maximum absolute atomic E-state index is 12.7. The van der Waals surface area contributed by atoms with Gasteiger partial charge in [0.1, 0.15) is 5.82 Å². The smallest absolute Gasteiger partial charge is 0.261 e. The molecule has 0 aliphatic heterocycles. The second-order valence-electron chi connectivity index (χ2n) is 4.61. The minimum absolute atomic E-state index is 0. The molecule has 2 aromatic carbocycles. The maximum atomic E-state index is 12.7. The highest BCUT2D eigenvalue weighted by atomic mass is 79.9. The van der Waals surface area contributed by atoms with Gasteiger partial charge in [-0.3, -0.25) is 9.36 Å². The Labute approximate surface area is 151 Å². The number of rotatable bonds is 3. The van der Waals surface area contributed by atoms with Crippen LogP contribution in [0.4, 0.5) is 0 Å². The number of benzene rings is 2. The second kappa shape index (κ2) is 7.40. The largest absolute Gasteiger partial charge is 0.291 e. The van der Waals surface area contributed by atoms with E-state index in [0.717, 1.165) is 5.56 Å². The number of alkyl halides is 1. The van der Waals surface area contributed by atoms with Gasteiger partial charge in [-0.1, -0.05) is 39.7 Å². The molecule has 0 saturated carbocycles. The molecule has 3 rings (SSSR count). The molecule has 0 saturated heterocycles. The molecule has 0 amide bonds. The first kappa shape index (κ1) is 17.2. The van der Waals surface area contributed by atoms with Crippen LogP contribution >= 0.6 is 44.5 Å². The van der Waals surface area contributed by atoms with Gasteiger partial charge in [0.05, 0.1) is 10.9 Å². The molecule has 3 aromatic rings. The second-order valence-corrected chi connectivity index (χ2v) is 5.83. The van der Waals surface area contributed by atoms with E-state index in [4.69, 9.17) is 11.6 Å². The number of aromatic nitrogens is 2. The Bertz CT molecular complexity index is 847. The molecule has 0 bridgehead atoms. The number of nitrogens with zero attached hydrogens (tertiary/aromatic N) is 2. The van der Waals surface area contributed by atoms with Crippen LogP contribution in [0.2, 0.25) is 5.02 Å². The highest BCUT2D eigenvalue weighted by molar-refractivity contribution is 9.09. The first-order valence-corrected chi connectivity index (χ1v) is 8.02. The summed E-state index contributed by atoms with van der Waals surface area (Å²) < 4.78 is 1.69. The maximum Gasteiger partial charge on any atom is 0.261 e. The highest BCUT2D eigenvalue weighted by Crippen LogP contribution is 2.21. The molecule has 22 heavy (non-hydrogen) atoms. The van der Waals surface area contributed by atoms with Crippen LogP contribution in [0.15, 0.2) is 53.3 Å². The Morgan fingerprint density at radius 1 is 1.09 bits per heavy atom. The van der Waals surface area contributed by atoms with Crippen LogP contribution in [0.1, 0.15) is 0 Å². The zero-order chi connectivity index (χ0) is 14.8. The average Bonchev–Trinajstić information content (AvgIpc) is 2.51. The first-order chi connectivity index (χ1) is 10.2. The van der Waals surface area contributed by atoms with Gasteiger partial charge in [0, 0.05) is 22.5 Å². The number of hydrogen-bond donors (Lipinski definition) is 0. The van der Waals surface area contributed by atoms with Crippen molar-refractivity contribution in [1.29, 1.82) is 0 Å². The quantitative estimate of drug-likeness (QED) is 0.550. The SMILES string of the molecule is Br.O=c1c2ccccc2nc(-c2ccc(Cl)cc2)n1CCBr. The van der Waals surface area contributed by atoms with Gasteiger partial charge >= 0.3 is 0 Å². The lowest BCUT2D eigenvalue weighted by Crippen LogP contribution is -2.24. The summed E-state index contributed by atoms with van der Waals surface area (Å²) in [7, 11) is 0. The van der Waals surface area contributed by atoms with Crippen molar-refractivity contribution in [1.82, 2.24) is 9.55 Å². The fourth-order valence-electron chi connectivity index (χ4n) is 2.28. The van der Waals surface area contributed by atoms with Crippen molar-refractivity contribution in [3.8, 4) is 11.4 Å². The lowest BCUT2D eigenvalue weighted by Gasteiger charge is -2.12. The topological polar surface area (TPSA) is 34.9 Å². The predicted octanol–water partition coefficient (Wildman–Crippen LogP) is 4.69. The number of hydrogen-bond acceptors (Lipinski definition) is 2. The van der Waals surface area contributed by atoms with Crippen molar-refractivity contribution < 1.29 is 0 Å². The summed E-state index contributed by atoms with van der Waals surface area (Å²) in [6.45, 7) is 0.564. The van der Waals surface area contributed by atoms with Crippen LogP contribution in [-0.4, -0.2) is 14.9 Å². The molecule has 114 valence electrons. The minimum Gasteiger partial charge on any atom is -0.291 e. The van der Waals surface area contributed by atoms with Crippen LogP contribution in [0.3, 0.4) is 0 Å². The Morgan fingerprint density at radius 3 is 2.45 bits per heavy atom. The zero-order valence-corrected chi connectivity index (χ0v) is 15.6. The van der Waals surface area contributed by atoms with Crippen LogP contribution < -0.4 is 5.56 Å². The van der Waals surface area contributed by atoms with E-state index in [1.165, 1.54) is 0 Å². The number of halogens is 3. The molecule has 0 spiro atoms. The molecule has 0 aliphatic carbocycles. The van der Waals surface area contributed by atoms with E-state index in [-0.39, 0.29) is 22.5 Å². The van der Waals surface area contributed by atoms with Crippen LogP contribution in [0.5, 0.6) is 0 Å². The third-order valence-corrected chi connectivity index (χ3v) is 3.88. The normalized spacial score (nSPS) is 10.5. The van der Waals surface area contributed by atoms with Gasteiger partial charge in [-0.25, -0.2) is 4.98 Å². The molecule has 1 heterocycles. The number of fused-ring (bicyclic) bond motifs is 1. The minimum atomic E-state index is -0.0231. The van der Waals surface area contributed by atoms with Crippen LogP contribution in [-0.2, 0) is 6.54 Å². The van der Waals surface area contributed by atoms with E-state index in [2.05, 4.69) is 20.9 Å². The van der Waals surface area contributed by atoms with E-state index in [1.807, 2.05) is 30.3 Å². The van der Waals surface area contributed by atoms with Gasteiger partial charge in [0.15, 0.2) is 0 Å². The van der Waals surface area contributed by atoms with Crippen molar-refractivity contribution in [2.75, 3.05) is 5.33 Å². The van der Waals surface area contributed by atoms with Crippen molar-refractivity contribution in [2.45, 2.75) is 6.54 Å². The molecular weight excluding hydrogens is 431 g/mol. The van der Waals surface area contributed by atoms with Gasteiger partial charge in [-0.2, -0.15) is 0 Å². The Morgan fingerprint density at radius 2 is 1.77 bits per heavy atom. The van der Waals surface area contributed by atoms with E-state index >= 15 is 0 Å². The molecule has 0 unspecified atom stereocenters. The molecule has 0 aliphatic rings. The van der Waals surface area contributed by atoms with Gasteiger partial charge in [0.2, 0.25) is 0 Å². The van der Waals surface area contributed by atoms with Crippen LogP contribution in [0, 0.1) is 0 Å². The molecule has 6 heteroatoms. The van der Waals surface area contributed by atoms with Gasteiger partial charge in [0.25, 0.3) is 5.56 Å². The molecule has 0 N–H and O–H groups in total. The summed E-state index contributed by atoms with van der Waals surface area (Å²) in [6.07, 6.45) is 0. The summed E-state index contributed by atoms with van der Waals surface area (Å²) in [5, 5.41) is 1.98. The Kier molecular flexibility index (Phi) is 5.78. The summed E-state index contributed by atoms with van der Waals surface area (Å²) >= 11 is 9.32. The Balaban J connectivity index is 0.00000176. The van der Waals surface area contributed by atoms with Crippen molar-refractivity contribution in [3.63, 3.8) is 0 Å². The predicted molar refractivity (Wildman–Crippen MR) is 101 cm³/mol. The van der Waals surface area contributed by atoms with E-state index in [1.54, 1.807) is 22.8 Å². The van der Waals surface area contributed by atoms with Crippen molar-refractivity contribution in [3.05, 3.63) is 63.9 Å². The molecule has 0 radical (unpaired) electrons. The lowest BCUT2D eigenvalue weighted by atomic mass is 10.2. The van der Waals surface area contributed by atoms with Gasteiger partial charge in [-0.05, 0) is 36.4 Å².